The number of pyridine rings is 1. The van der Waals surface area contributed by atoms with Gasteiger partial charge in [-0.25, -0.2) is 9.97 Å². The Labute approximate surface area is 123 Å². The number of carbonyl (C=O) groups excluding carboxylic acids is 1. The highest BCUT2D eigenvalue weighted by molar-refractivity contribution is 6.17. The van der Waals surface area contributed by atoms with Gasteiger partial charge in [-0.3, -0.25) is 4.79 Å². The van der Waals surface area contributed by atoms with Gasteiger partial charge in [0.15, 0.2) is 5.65 Å². The minimum atomic E-state index is -0.0229. The summed E-state index contributed by atoms with van der Waals surface area (Å²) in [7, 11) is 0. The first kappa shape index (κ1) is 14.8. The average Bonchev–Trinajstić information content (AvgIpc) is 2.77. The number of aryl methyl sites for hydroxylation is 2. The molecule has 2 rings (SSSR count). The number of hydrogen-bond acceptors (Lipinski definition) is 3. The number of hydrogen-bond donors (Lipinski definition) is 1. The van der Waals surface area contributed by atoms with Crippen molar-refractivity contribution in [3.05, 3.63) is 23.7 Å². The van der Waals surface area contributed by atoms with Gasteiger partial charge in [0.2, 0.25) is 5.91 Å². The van der Waals surface area contributed by atoms with Crippen LogP contribution in [0.2, 0.25) is 0 Å². The van der Waals surface area contributed by atoms with Crippen molar-refractivity contribution in [2.75, 3.05) is 12.4 Å². The van der Waals surface area contributed by atoms with Crippen LogP contribution in [0.3, 0.4) is 0 Å². The molecular formula is C14H19ClN4O. The van der Waals surface area contributed by atoms with Crippen LogP contribution in [-0.2, 0) is 17.8 Å². The van der Waals surface area contributed by atoms with Gasteiger partial charge in [-0.1, -0.05) is 6.92 Å². The van der Waals surface area contributed by atoms with Crippen molar-refractivity contribution in [3.63, 3.8) is 0 Å². The maximum atomic E-state index is 11.9. The molecule has 0 aliphatic heterocycles. The highest BCUT2D eigenvalue weighted by Crippen LogP contribution is 2.18. The lowest BCUT2D eigenvalue weighted by atomic mass is 10.3. The third kappa shape index (κ3) is 3.10. The van der Waals surface area contributed by atoms with Crippen LogP contribution < -0.4 is 5.32 Å². The molecule has 1 amide bonds. The van der Waals surface area contributed by atoms with Crippen molar-refractivity contribution in [1.29, 1.82) is 0 Å². The summed E-state index contributed by atoms with van der Waals surface area (Å²) in [5, 5.41) is 2.87. The number of aromatic nitrogens is 3. The number of amides is 1. The molecule has 0 spiro atoms. The standard InChI is InChI=1S/C14H19ClN4O/c1-3-7-16-12(20)9-19-11(4-6-15)18-13-10(2)5-8-17-14(13)19/h5,8H,3-4,6-7,9H2,1-2H3,(H,16,20). The predicted molar refractivity (Wildman–Crippen MR) is 80.0 cm³/mol. The van der Waals surface area contributed by atoms with Gasteiger partial charge in [0.1, 0.15) is 17.9 Å². The number of rotatable bonds is 6. The molecule has 0 unspecified atom stereocenters. The molecule has 108 valence electrons. The molecule has 2 aromatic rings. The molecule has 0 aliphatic carbocycles. The van der Waals surface area contributed by atoms with Gasteiger partial charge < -0.3 is 9.88 Å². The predicted octanol–water partition coefficient (Wildman–Crippen LogP) is 2.05. The Hall–Kier alpha value is -1.62. The lowest BCUT2D eigenvalue weighted by Gasteiger charge is -2.08. The van der Waals surface area contributed by atoms with Crippen molar-refractivity contribution >= 4 is 28.7 Å². The minimum Gasteiger partial charge on any atom is -0.355 e. The summed E-state index contributed by atoms with van der Waals surface area (Å²) >= 11 is 5.82. The lowest BCUT2D eigenvalue weighted by Crippen LogP contribution is -2.28. The molecule has 0 aromatic carbocycles. The van der Waals surface area contributed by atoms with E-state index in [0.717, 1.165) is 29.0 Å². The molecule has 0 radical (unpaired) electrons. The molecular weight excluding hydrogens is 276 g/mol. The second-order valence-electron chi connectivity index (χ2n) is 4.70. The first-order valence-corrected chi connectivity index (χ1v) is 7.34. The number of nitrogens with one attached hydrogen (secondary N) is 1. The van der Waals surface area contributed by atoms with Crippen LogP contribution in [0.15, 0.2) is 12.3 Å². The molecule has 0 fully saturated rings. The number of alkyl halides is 1. The van der Waals surface area contributed by atoms with Gasteiger partial charge in [0.05, 0.1) is 0 Å². The van der Waals surface area contributed by atoms with E-state index in [1.165, 1.54) is 0 Å². The van der Waals surface area contributed by atoms with Crippen molar-refractivity contribution in [2.45, 2.75) is 33.2 Å². The van der Waals surface area contributed by atoms with Crippen LogP contribution in [-0.4, -0.2) is 32.9 Å². The highest BCUT2D eigenvalue weighted by Gasteiger charge is 2.15. The molecule has 5 nitrogen and oxygen atoms in total. The van der Waals surface area contributed by atoms with Crippen LogP contribution >= 0.6 is 11.6 Å². The summed E-state index contributed by atoms with van der Waals surface area (Å²) in [5.74, 6) is 1.26. The van der Waals surface area contributed by atoms with E-state index in [1.807, 2.05) is 24.5 Å². The van der Waals surface area contributed by atoms with Gasteiger partial charge in [-0.15, -0.1) is 11.6 Å². The van der Waals surface area contributed by atoms with Gasteiger partial charge in [-0.05, 0) is 25.0 Å². The Balaban J connectivity index is 2.36. The molecule has 0 saturated carbocycles. The quantitative estimate of drug-likeness (QED) is 0.830. The maximum Gasteiger partial charge on any atom is 0.240 e. The lowest BCUT2D eigenvalue weighted by molar-refractivity contribution is -0.121. The SMILES string of the molecule is CCCNC(=O)Cn1c(CCCl)nc2c(C)ccnc21. The van der Waals surface area contributed by atoms with E-state index in [0.29, 0.717) is 18.8 Å². The van der Waals surface area contributed by atoms with Gasteiger partial charge >= 0.3 is 0 Å². The Morgan fingerprint density at radius 1 is 1.50 bits per heavy atom. The first-order valence-electron chi connectivity index (χ1n) is 6.80. The van der Waals surface area contributed by atoms with Crippen molar-refractivity contribution in [3.8, 4) is 0 Å². The highest BCUT2D eigenvalue weighted by atomic mass is 35.5. The third-order valence-electron chi connectivity index (χ3n) is 3.11. The monoisotopic (exact) mass is 294 g/mol. The topological polar surface area (TPSA) is 59.8 Å². The summed E-state index contributed by atoms with van der Waals surface area (Å²) in [6, 6.07) is 1.92. The summed E-state index contributed by atoms with van der Waals surface area (Å²) in [5.41, 5.74) is 2.64. The molecule has 1 N–H and O–H groups in total. The van der Waals surface area contributed by atoms with Gasteiger partial charge in [0, 0.05) is 25.0 Å². The minimum absolute atomic E-state index is 0.0229. The van der Waals surface area contributed by atoms with E-state index in [9.17, 15) is 4.79 Å². The van der Waals surface area contributed by atoms with E-state index in [4.69, 9.17) is 11.6 Å². The largest absolute Gasteiger partial charge is 0.355 e. The van der Waals surface area contributed by atoms with E-state index in [2.05, 4.69) is 15.3 Å². The van der Waals surface area contributed by atoms with E-state index >= 15 is 0 Å². The zero-order chi connectivity index (χ0) is 14.5. The fourth-order valence-corrected chi connectivity index (χ4v) is 2.26. The Morgan fingerprint density at radius 3 is 3.00 bits per heavy atom. The number of fused-ring (bicyclic) bond motifs is 1. The second kappa shape index (κ2) is 6.70. The fraction of sp³-hybridized carbons (Fsp3) is 0.500. The van der Waals surface area contributed by atoms with Crippen LogP contribution in [0.1, 0.15) is 24.7 Å². The van der Waals surface area contributed by atoms with Crippen LogP contribution in [0.4, 0.5) is 0 Å². The summed E-state index contributed by atoms with van der Waals surface area (Å²) in [6.07, 6.45) is 3.28. The van der Waals surface area contributed by atoms with Crippen molar-refractivity contribution in [1.82, 2.24) is 19.9 Å². The zero-order valence-electron chi connectivity index (χ0n) is 11.8. The van der Waals surface area contributed by atoms with E-state index < -0.39 is 0 Å². The normalized spacial score (nSPS) is 10.9. The van der Waals surface area contributed by atoms with Gasteiger partial charge in [0.25, 0.3) is 0 Å². The van der Waals surface area contributed by atoms with Gasteiger partial charge in [-0.2, -0.15) is 0 Å². The van der Waals surface area contributed by atoms with Crippen molar-refractivity contribution < 1.29 is 4.79 Å². The number of nitrogens with zero attached hydrogens (tertiary/aromatic N) is 3. The van der Waals surface area contributed by atoms with Crippen LogP contribution in [0, 0.1) is 6.92 Å². The maximum absolute atomic E-state index is 11.9. The smallest absolute Gasteiger partial charge is 0.240 e. The van der Waals surface area contributed by atoms with Crippen LogP contribution in [0.25, 0.3) is 11.2 Å². The fourth-order valence-electron chi connectivity index (χ4n) is 2.09. The molecule has 0 saturated heterocycles. The van der Waals surface area contributed by atoms with Crippen LogP contribution in [0.5, 0.6) is 0 Å². The molecule has 2 heterocycles. The average molecular weight is 295 g/mol. The second-order valence-corrected chi connectivity index (χ2v) is 5.08. The number of carbonyl (C=O) groups is 1. The Kier molecular flexibility index (Phi) is 4.95. The molecule has 0 aliphatic rings. The molecule has 6 heteroatoms. The molecule has 20 heavy (non-hydrogen) atoms. The first-order chi connectivity index (χ1) is 9.67. The zero-order valence-corrected chi connectivity index (χ0v) is 12.6. The summed E-state index contributed by atoms with van der Waals surface area (Å²) < 4.78 is 1.86. The summed E-state index contributed by atoms with van der Waals surface area (Å²) in [6.45, 7) is 4.93. The third-order valence-corrected chi connectivity index (χ3v) is 3.30. The molecule has 0 atom stereocenters. The number of halogens is 1. The molecule has 0 bridgehead atoms. The Morgan fingerprint density at radius 2 is 2.30 bits per heavy atom. The van der Waals surface area contributed by atoms with Crippen molar-refractivity contribution in [2.24, 2.45) is 0 Å². The number of imidazole rings is 1. The summed E-state index contributed by atoms with van der Waals surface area (Å²) in [4.78, 5) is 20.9. The molecule has 2 aromatic heterocycles. The Bertz CT molecular complexity index is 608. The van der Waals surface area contributed by atoms with E-state index in [-0.39, 0.29) is 12.5 Å². The van der Waals surface area contributed by atoms with E-state index in [1.54, 1.807) is 6.20 Å².